The van der Waals surface area contributed by atoms with Crippen LogP contribution in [-0.4, -0.2) is 33.9 Å². The van der Waals surface area contributed by atoms with Crippen LogP contribution in [0.1, 0.15) is 136 Å². The molecule has 0 aliphatic rings. The number of phenols is 2. The van der Waals surface area contributed by atoms with Crippen LogP contribution in [0.4, 0.5) is 0 Å². The third-order valence-corrected chi connectivity index (χ3v) is 8.39. The molecule has 0 amide bonds. The van der Waals surface area contributed by atoms with Gasteiger partial charge in [0.05, 0.1) is 0 Å². The summed E-state index contributed by atoms with van der Waals surface area (Å²) in [4.78, 5) is 27.3. The molecular formula is C37H58N2O4. The van der Waals surface area contributed by atoms with Gasteiger partial charge in [-0.15, -0.1) is 0 Å². The van der Waals surface area contributed by atoms with Crippen molar-refractivity contribution in [3.63, 3.8) is 0 Å². The summed E-state index contributed by atoms with van der Waals surface area (Å²) in [7, 11) is 0. The Morgan fingerprint density at radius 2 is 0.837 bits per heavy atom. The van der Waals surface area contributed by atoms with Gasteiger partial charge in [0.2, 0.25) is 0 Å². The second-order valence-electron chi connectivity index (χ2n) is 16.4. The SMILES string of the molecule is CC(C)(C)c1cc(CCC(=O)C(N)(CCN)C(=O)CCc2cc(C(C)(C)C)c(O)c(C(C)(C)C)c2)cc(C(C)(C)C)c1O. The van der Waals surface area contributed by atoms with Gasteiger partial charge in [0.25, 0.3) is 0 Å². The van der Waals surface area contributed by atoms with Gasteiger partial charge < -0.3 is 21.7 Å². The predicted molar refractivity (Wildman–Crippen MR) is 178 cm³/mol. The molecule has 43 heavy (non-hydrogen) atoms. The highest BCUT2D eigenvalue weighted by Gasteiger charge is 2.40. The third-order valence-electron chi connectivity index (χ3n) is 8.39. The van der Waals surface area contributed by atoms with Gasteiger partial charge in [0.1, 0.15) is 17.0 Å². The maximum atomic E-state index is 13.6. The fourth-order valence-electron chi connectivity index (χ4n) is 5.59. The van der Waals surface area contributed by atoms with E-state index in [0.29, 0.717) is 24.3 Å². The first-order valence-corrected chi connectivity index (χ1v) is 15.6. The molecule has 0 atom stereocenters. The Bertz CT molecular complexity index is 1160. The number of phenolic OH excluding ortho intramolecular Hbond substituents is 2. The molecule has 0 heterocycles. The molecule has 2 rings (SSSR count). The summed E-state index contributed by atoms with van der Waals surface area (Å²) in [6, 6.07) is 7.85. The van der Waals surface area contributed by atoms with Crippen molar-refractivity contribution in [2.75, 3.05) is 6.54 Å². The number of hydrogen-bond acceptors (Lipinski definition) is 6. The summed E-state index contributed by atoms with van der Waals surface area (Å²) in [5.74, 6) is -0.0516. The van der Waals surface area contributed by atoms with Crippen LogP contribution in [0.2, 0.25) is 0 Å². The van der Waals surface area contributed by atoms with E-state index >= 15 is 0 Å². The number of hydrogen-bond donors (Lipinski definition) is 4. The average Bonchev–Trinajstić information content (AvgIpc) is 2.84. The van der Waals surface area contributed by atoms with Gasteiger partial charge in [-0.25, -0.2) is 0 Å². The monoisotopic (exact) mass is 594 g/mol. The molecule has 0 aromatic heterocycles. The van der Waals surface area contributed by atoms with Crippen molar-refractivity contribution in [2.45, 2.75) is 142 Å². The summed E-state index contributed by atoms with van der Waals surface area (Å²) >= 11 is 0. The number of Topliss-reactive ketones (excluding diaryl/α,β-unsaturated/α-hetero) is 2. The highest BCUT2D eigenvalue weighted by molar-refractivity contribution is 6.11. The van der Waals surface area contributed by atoms with Crippen LogP contribution in [0, 0.1) is 0 Å². The van der Waals surface area contributed by atoms with Crippen molar-refractivity contribution in [1.29, 1.82) is 0 Å². The maximum Gasteiger partial charge on any atom is 0.160 e. The second-order valence-corrected chi connectivity index (χ2v) is 16.4. The molecule has 0 aliphatic carbocycles. The first kappa shape index (κ1) is 36.5. The third kappa shape index (κ3) is 8.69. The molecule has 2 aromatic rings. The minimum Gasteiger partial charge on any atom is -0.507 e. The zero-order valence-corrected chi connectivity index (χ0v) is 28.9. The normalized spacial score (nSPS) is 13.3. The van der Waals surface area contributed by atoms with E-state index in [9.17, 15) is 19.8 Å². The topological polar surface area (TPSA) is 127 Å². The molecule has 6 nitrogen and oxygen atoms in total. The van der Waals surface area contributed by atoms with Crippen LogP contribution in [-0.2, 0) is 44.1 Å². The molecule has 0 fully saturated rings. The molecule has 6 heteroatoms. The van der Waals surface area contributed by atoms with Crippen LogP contribution >= 0.6 is 0 Å². The highest BCUT2D eigenvalue weighted by atomic mass is 16.3. The van der Waals surface area contributed by atoms with E-state index in [2.05, 4.69) is 83.1 Å². The number of ketones is 2. The van der Waals surface area contributed by atoms with Gasteiger partial charge in [0, 0.05) is 12.8 Å². The lowest BCUT2D eigenvalue weighted by atomic mass is 9.77. The van der Waals surface area contributed by atoms with Crippen molar-refractivity contribution in [1.82, 2.24) is 0 Å². The van der Waals surface area contributed by atoms with Crippen LogP contribution in [0.3, 0.4) is 0 Å². The molecule has 2 aromatic carbocycles. The Hall–Kier alpha value is -2.70. The van der Waals surface area contributed by atoms with Crippen LogP contribution in [0.15, 0.2) is 24.3 Å². The van der Waals surface area contributed by atoms with Crippen LogP contribution < -0.4 is 11.5 Å². The smallest absolute Gasteiger partial charge is 0.160 e. The predicted octanol–water partition coefficient (Wildman–Crippen LogP) is 7.04. The van der Waals surface area contributed by atoms with Crippen molar-refractivity contribution in [3.8, 4) is 11.5 Å². The van der Waals surface area contributed by atoms with Gasteiger partial charge in [-0.1, -0.05) is 107 Å². The number of aromatic hydroxyl groups is 2. The fraction of sp³-hybridized carbons (Fsp3) is 0.622. The van der Waals surface area contributed by atoms with E-state index in [1.54, 1.807) is 0 Å². The molecule has 0 spiro atoms. The van der Waals surface area contributed by atoms with Gasteiger partial charge in [-0.05, 0) is 80.8 Å². The largest absolute Gasteiger partial charge is 0.507 e. The Balaban J connectivity index is 2.36. The lowest BCUT2D eigenvalue weighted by Gasteiger charge is -2.29. The summed E-state index contributed by atoms with van der Waals surface area (Å²) in [6.45, 7) is 24.8. The molecule has 0 radical (unpaired) electrons. The number of rotatable bonds is 10. The van der Waals surface area contributed by atoms with Gasteiger partial charge in [-0.2, -0.15) is 0 Å². The number of carbonyl (C=O) groups excluding carboxylic acids is 2. The molecule has 0 saturated carbocycles. The molecule has 6 N–H and O–H groups in total. The van der Waals surface area contributed by atoms with E-state index in [1.165, 1.54) is 0 Å². The van der Waals surface area contributed by atoms with Gasteiger partial charge in [0.15, 0.2) is 11.6 Å². The first-order chi connectivity index (χ1) is 19.3. The van der Waals surface area contributed by atoms with Crippen LogP contribution in [0.5, 0.6) is 11.5 Å². The van der Waals surface area contributed by atoms with E-state index in [0.717, 1.165) is 33.4 Å². The zero-order chi connectivity index (χ0) is 33.3. The summed E-state index contributed by atoms with van der Waals surface area (Å²) in [6.07, 6.45) is 1.09. The number of aryl methyl sites for hydroxylation is 2. The average molecular weight is 595 g/mol. The minimum atomic E-state index is -1.66. The standard InChI is InChI=1S/C37H58N2O4/c1-33(2,3)25-19-23(20-26(31(25)42)34(4,5)6)13-15-29(40)37(39,17-18-38)30(41)16-14-24-21-27(35(7,8)9)32(43)28(22-24)36(10,11)12/h19-22,42-43H,13-18,38-39H2,1-12H3. The second kappa shape index (κ2) is 12.7. The molecule has 240 valence electrons. The molecular weight excluding hydrogens is 536 g/mol. The number of nitrogens with two attached hydrogens (primary N) is 2. The van der Waals surface area contributed by atoms with Crippen LogP contribution in [0.25, 0.3) is 0 Å². The fourth-order valence-corrected chi connectivity index (χ4v) is 5.59. The Morgan fingerprint density at radius 3 is 1.05 bits per heavy atom. The molecule has 0 unspecified atom stereocenters. The van der Waals surface area contributed by atoms with Crippen molar-refractivity contribution in [2.24, 2.45) is 11.5 Å². The zero-order valence-electron chi connectivity index (χ0n) is 28.9. The van der Waals surface area contributed by atoms with E-state index < -0.39 is 5.54 Å². The lowest BCUT2D eigenvalue weighted by molar-refractivity contribution is -0.135. The highest BCUT2D eigenvalue weighted by Crippen LogP contribution is 2.41. The Labute approximate surface area is 260 Å². The van der Waals surface area contributed by atoms with E-state index in [1.807, 2.05) is 24.3 Å². The summed E-state index contributed by atoms with van der Waals surface area (Å²) in [5.41, 5.74) is 14.8. The maximum absolute atomic E-state index is 13.6. The van der Waals surface area contributed by atoms with E-state index in [-0.39, 0.29) is 59.0 Å². The quantitative estimate of drug-likeness (QED) is 0.219. The van der Waals surface area contributed by atoms with Gasteiger partial charge >= 0.3 is 0 Å². The Morgan fingerprint density at radius 1 is 0.581 bits per heavy atom. The number of carbonyl (C=O) groups is 2. The Kier molecular flexibility index (Phi) is 10.8. The number of benzene rings is 2. The molecule has 0 bridgehead atoms. The lowest BCUT2D eigenvalue weighted by Crippen LogP contribution is -2.56. The van der Waals surface area contributed by atoms with Crippen molar-refractivity contribution >= 4 is 11.6 Å². The van der Waals surface area contributed by atoms with Gasteiger partial charge in [-0.3, -0.25) is 9.59 Å². The minimum absolute atomic E-state index is 0.0801. The molecule has 0 saturated heterocycles. The summed E-state index contributed by atoms with van der Waals surface area (Å²) in [5, 5.41) is 22.1. The first-order valence-electron chi connectivity index (χ1n) is 15.6. The van der Waals surface area contributed by atoms with E-state index in [4.69, 9.17) is 11.5 Å². The van der Waals surface area contributed by atoms with Crippen molar-refractivity contribution < 1.29 is 19.8 Å². The van der Waals surface area contributed by atoms with Crippen molar-refractivity contribution in [3.05, 3.63) is 57.6 Å². The summed E-state index contributed by atoms with van der Waals surface area (Å²) < 4.78 is 0. The molecule has 0 aliphatic heterocycles.